The van der Waals surface area contributed by atoms with Crippen LogP contribution in [0.4, 0.5) is 0 Å². The molecule has 0 aromatic heterocycles. The van der Waals surface area contributed by atoms with Crippen LogP contribution >= 0.6 is 11.8 Å². The number of hydrogen-bond donors (Lipinski definition) is 2. The molecule has 1 aliphatic rings. The Kier molecular flexibility index (Phi) is 8.83. The first-order valence-corrected chi connectivity index (χ1v) is 11.4. The van der Waals surface area contributed by atoms with Gasteiger partial charge in [0.25, 0.3) is 5.91 Å². The van der Waals surface area contributed by atoms with Gasteiger partial charge in [-0.05, 0) is 63.4 Å². The predicted octanol–water partition coefficient (Wildman–Crippen LogP) is 3.69. The van der Waals surface area contributed by atoms with Crippen molar-refractivity contribution in [2.45, 2.75) is 68.8 Å². The maximum Gasteiger partial charge on any atom is 0.251 e. The van der Waals surface area contributed by atoms with Crippen molar-refractivity contribution >= 4 is 23.6 Å². The van der Waals surface area contributed by atoms with E-state index in [9.17, 15) is 9.59 Å². The number of rotatable bonds is 10. The van der Waals surface area contributed by atoms with Crippen LogP contribution in [0.5, 0.6) is 0 Å². The summed E-state index contributed by atoms with van der Waals surface area (Å²) in [5.41, 5.74) is 0.637. The van der Waals surface area contributed by atoms with Crippen LogP contribution in [0.25, 0.3) is 0 Å². The van der Waals surface area contributed by atoms with E-state index in [0.29, 0.717) is 18.5 Å². The van der Waals surface area contributed by atoms with E-state index in [1.54, 1.807) is 11.8 Å². The van der Waals surface area contributed by atoms with Crippen molar-refractivity contribution in [3.05, 3.63) is 29.8 Å². The molecule has 0 heterocycles. The van der Waals surface area contributed by atoms with Crippen molar-refractivity contribution in [3.8, 4) is 0 Å². The van der Waals surface area contributed by atoms with Crippen LogP contribution < -0.4 is 10.6 Å². The zero-order chi connectivity index (χ0) is 20.6. The summed E-state index contributed by atoms with van der Waals surface area (Å²) in [6.07, 6.45) is 6.09. The smallest absolute Gasteiger partial charge is 0.251 e. The van der Waals surface area contributed by atoms with Crippen LogP contribution in [0.1, 0.15) is 62.7 Å². The maximum atomic E-state index is 12.8. The molecule has 2 rings (SSSR count). The standard InChI is InChI=1S/C22H35N3O2S/c1-5-9-19(21(27)23-16-22(25(3)4)14-7-8-15-22)24-20(26)17-10-12-18(13-11-17)28-6-2/h10-13,19H,5-9,14-16H2,1-4H3,(H,23,27)(H,24,26)/t19-/m0/s1. The second-order valence-corrected chi connectivity index (χ2v) is 9.15. The monoisotopic (exact) mass is 405 g/mol. The van der Waals surface area contributed by atoms with Crippen LogP contribution in [0.3, 0.4) is 0 Å². The van der Waals surface area contributed by atoms with Gasteiger partial charge in [-0.2, -0.15) is 0 Å². The van der Waals surface area contributed by atoms with Gasteiger partial charge in [0.1, 0.15) is 6.04 Å². The highest BCUT2D eigenvalue weighted by molar-refractivity contribution is 7.99. The van der Waals surface area contributed by atoms with E-state index < -0.39 is 6.04 Å². The lowest BCUT2D eigenvalue weighted by Crippen LogP contribution is -2.54. The second kappa shape index (κ2) is 10.9. The Morgan fingerprint density at radius 1 is 1.14 bits per heavy atom. The van der Waals surface area contributed by atoms with Crippen molar-refractivity contribution in [1.82, 2.24) is 15.5 Å². The average Bonchev–Trinajstić information content (AvgIpc) is 3.17. The van der Waals surface area contributed by atoms with Crippen molar-refractivity contribution in [3.63, 3.8) is 0 Å². The molecule has 28 heavy (non-hydrogen) atoms. The molecule has 1 fully saturated rings. The molecule has 1 saturated carbocycles. The van der Waals surface area contributed by atoms with Crippen molar-refractivity contribution < 1.29 is 9.59 Å². The van der Waals surface area contributed by atoms with Gasteiger partial charge in [0.15, 0.2) is 0 Å². The topological polar surface area (TPSA) is 61.4 Å². The van der Waals surface area contributed by atoms with Gasteiger partial charge in [-0.25, -0.2) is 0 Å². The Balaban J connectivity index is 1.97. The molecule has 0 saturated heterocycles. The highest BCUT2D eigenvalue weighted by Gasteiger charge is 2.36. The van der Waals surface area contributed by atoms with Crippen LogP contribution in [0.2, 0.25) is 0 Å². The Morgan fingerprint density at radius 2 is 1.79 bits per heavy atom. The Hall–Kier alpha value is -1.53. The molecule has 0 bridgehead atoms. The van der Waals surface area contributed by atoms with Crippen molar-refractivity contribution in [2.75, 3.05) is 26.4 Å². The summed E-state index contributed by atoms with van der Waals surface area (Å²) in [7, 11) is 4.17. The fourth-order valence-electron chi connectivity index (χ4n) is 3.86. The summed E-state index contributed by atoms with van der Waals surface area (Å²) in [5.74, 6) is 0.727. The summed E-state index contributed by atoms with van der Waals surface area (Å²) >= 11 is 1.74. The number of thioether (sulfide) groups is 1. The lowest BCUT2D eigenvalue weighted by atomic mass is 9.95. The molecular formula is C22H35N3O2S. The minimum atomic E-state index is -0.497. The van der Waals surface area contributed by atoms with E-state index >= 15 is 0 Å². The van der Waals surface area contributed by atoms with Gasteiger partial charge in [-0.3, -0.25) is 9.59 Å². The first-order valence-electron chi connectivity index (χ1n) is 10.4. The predicted molar refractivity (Wildman–Crippen MR) is 117 cm³/mol. The zero-order valence-electron chi connectivity index (χ0n) is 17.7. The van der Waals surface area contributed by atoms with Gasteiger partial charge in [0.05, 0.1) is 0 Å². The van der Waals surface area contributed by atoms with Crippen molar-refractivity contribution in [1.29, 1.82) is 0 Å². The van der Waals surface area contributed by atoms with Gasteiger partial charge in [0.2, 0.25) is 5.91 Å². The van der Waals surface area contributed by atoms with E-state index in [0.717, 1.165) is 29.9 Å². The Labute approximate surface area is 174 Å². The molecule has 1 aromatic rings. The summed E-state index contributed by atoms with van der Waals surface area (Å²) in [6, 6.07) is 7.07. The summed E-state index contributed by atoms with van der Waals surface area (Å²) < 4.78 is 0. The quantitative estimate of drug-likeness (QED) is 0.583. The fraction of sp³-hybridized carbons (Fsp3) is 0.636. The SMILES string of the molecule is CCC[C@H](NC(=O)c1ccc(SCC)cc1)C(=O)NCC1(N(C)C)CCCC1. The lowest BCUT2D eigenvalue weighted by molar-refractivity contribution is -0.123. The highest BCUT2D eigenvalue weighted by Crippen LogP contribution is 2.33. The van der Waals surface area contributed by atoms with Crippen LogP contribution in [0, 0.1) is 0 Å². The first-order chi connectivity index (χ1) is 13.4. The van der Waals surface area contributed by atoms with Crippen molar-refractivity contribution in [2.24, 2.45) is 0 Å². The van der Waals surface area contributed by atoms with Crippen LogP contribution in [0.15, 0.2) is 29.2 Å². The number of carbonyl (C=O) groups is 2. The van der Waals surface area contributed by atoms with Gasteiger partial charge in [-0.15, -0.1) is 11.8 Å². The second-order valence-electron chi connectivity index (χ2n) is 7.82. The number of amides is 2. The molecule has 0 unspecified atom stereocenters. The zero-order valence-corrected chi connectivity index (χ0v) is 18.5. The lowest BCUT2D eigenvalue weighted by Gasteiger charge is -2.37. The molecule has 0 radical (unpaired) electrons. The summed E-state index contributed by atoms with van der Waals surface area (Å²) in [5, 5.41) is 6.05. The Morgan fingerprint density at radius 3 is 2.32 bits per heavy atom. The minimum Gasteiger partial charge on any atom is -0.352 e. The minimum absolute atomic E-state index is 0.0449. The third kappa shape index (κ3) is 5.98. The number of benzene rings is 1. The van der Waals surface area contributed by atoms with E-state index in [2.05, 4.69) is 36.6 Å². The Bertz CT molecular complexity index is 640. The van der Waals surface area contributed by atoms with Gasteiger partial charge in [-0.1, -0.05) is 33.1 Å². The van der Waals surface area contributed by atoms with Gasteiger partial charge < -0.3 is 15.5 Å². The molecule has 1 aliphatic carbocycles. The maximum absolute atomic E-state index is 12.8. The van der Waals surface area contributed by atoms with E-state index in [1.807, 2.05) is 31.2 Å². The molecule has 1 aromatic carbocycles. The average molecular weight is 406 g/mol. The number of nitrogens with one attached hydrogen (secondary N) is 2. The first kappa shape index (κ1) is 22.8. The number of likely N-dealkylation sites (N-methyl/N-ethyl adjacent to an activating group) is 1. The largest absolute Gasteiger partial charge is 0.352 e. The van der Waals surface area contributed by atoms with Crippen LogP contribution in [-0.4, -0.2) is 54.7 Å². The summed E-state index contributed by atoms with van der Waals surface area (Å²) in [6.45, 7) is 4.77. The number of nitrogens with zero attached hydrogens (tertiary/aromatic N) is 1. The number of carbonyl (C=O) groups excluding carboxylic acids is 2. The van der Waals surface area contributed by atoms with Gasteiger partial charge >= 0.3 is 0 Å². The highest BCUT2D eigenvalue weighted by atomic mass is 32.2. The van der Waals surface area contributed by atoms with E-state index in [1.165, 1.54) is 12.8 Å². The molecule has 156 valence electrons. The number of hydrogen-bond acceptors (Lipinski definition) is 4. The molecule has 2 amide bonds. The summed E-state index contributed by atoms with van der Waals surface area (Å²) in [4.78, 5) is 28.8. The molecule has 0 aliphatic heterocycles. The molecule has 5 nitrogen and oxygen atoms in total. The molecule has 1 atom stereocenters. The molecule has 2 N–H and O–H groups in total. The normalized spacial score (nSPS) is 16.8. The van der Waals surface area contributed by atoms with Crippen LogP contribution in [-0.2, 0) is 4.79 Å². The third-order valence-corrected chi connectivity index (χ3v) is 6.60. The van der Waals surface area contributed by atoms with E-state index in [4.69, 9.17) is 0 Å². The third-order valence-electron chi connectivity index (χ3n) is 5.70. The molecule has 0 spiro atoms. The fourth-order valence-corrected chi connectivity index (χ4v) is 4.52. The van der Waals surface area contributed by atoms with E-state index in [-0.39, 0.29) is 17.4 Å². The van der Waals surface area contributed by atoms with Gasteiger partial charge in [0, 0.05) is 22.5 Å². The molecule has 6 heteroatoms. The molecular weight excluding hydrogens is 370 g/mol.